The molecule has 0 spiro atoms. The van der Waals surface area contributed by atoms with Gasteiger partial charge in [0.1, 0.15) is 6.61 Å². The fourth-order valence-electron chi connectivity index (χ4n) is 3.83. The van der Waals surface area contributed by atoms with Gasteiger partial charge in [0, 0.05) is 54.5 Å². The molecular formula is C24H22N4O2S. The third-order valence-corrected chi connectivity index (χ3v) is 6.13. The number of hydrogen-bond donors (Lipinski definition) is 1. The first-order chi connectivity index (χ1) is 15.3. The molecule has 3 aromatic heterocycles. The van der Waals surface area contributed by atoms with Crippen molar-refractivity contribution in [3.05, 3.63) is 69.9 Å². The van der Waals surface area contributed by atoms with Gasteiger partial charge in [-0.2, -0.15) is 5.10 Å². The van der Waals surface area contributed by atoms with Crippen LogP contribution < -0.4 is 0 Å². The summed E-state index contributed by atoms with van der Waals surface area (Å²) in [6.45, 7) is 2.38. The second kappa shape index (κ2) is 8.90. The lowest BCUT2D eigenvalue weighted by molar-refractivity contribution is 0.0877. The first kappa shape index (κ1) is 19.8. The van der Waals surface area contributed by atoms with Crippen LogP contribution >= 0.6 is 11.3 Å². The van der Waals surface area contributed by atoms with Crippen LogP contribution in [0.4, 0.5) is 0 Å². The van der Waals surface area contributed by atoms with Crippen LogP contribution in [0.15, 0.2) is 48.4 Å². The van der Waals surface area contributed by atoms with Crippen LogP contribution in [0.1, 0.15) is 21.6 Å². The number of nitrogens with one attached hydrogen (secondary N) is 1. The number of H-pyrrole nitrogens is 1. The predicted molar refractivity (Wildman–Crippen MR) is 121 cm³/mol. The molecule has 0 radical (unpaired) electrons. The smallest absolute Gasteiger partial charge is 0.108 e. The van der Waals surface area contributed by atoms with Gasteiger partial charge in [0.25, 0.3) is 0 Å². The first-order valence-corrected chi connectivity index (χ1v) is 11.0. The summed E-state index contributed by atoms with van der Waals surface area (Å²) in [5, 5.41) is 10.00. The highest BCUT2D eigenvalue weighted by atomic mass is 32.1. The van der Waals surface area contributed by atoms with Crippen molar-refractivity contribution in [2.75, 3.05) is 26.9 Å². The van der Waals surface area contributed by atoms with Crippen LogP contribution in [-0.2, 0) is 22.4 Å². The number of benzene rings is 1. The molecule has 0 amide bonds. The Bertz CT molecular complexity index is 1240. The predicted octanol–water partition coefficient (Wildman–Crippen LogP) is 3.97. The van der Waals surface area contributed by atoms with Crippen molar-refractivity contribution in [1.82, 2.24) is 19.7 Å². The average Bonchev–Trinajstić information content (AvgIpc) is 3.55. The molecular weight excluding hydrogens is 408 g/mol. The van der Waals surface area contributed by atoms with E-state index in [0.29, 0.717) is 19.8 Å². The summed E-state index contributed by atoms with van der Waals surface area (Å²) in [6.07, 6.45) is 6.53. The van der Waals surface area contributed by atoms with E-state index in [1.54, 1.807) is 18.4 Å². The lowest BCUT2D eigenvalue weighted by Crippen LogP contribution is -2.01. The molecule has 4 aromatic rings. The van der Waals surface area contributed by atoms with Crippen LogP contribution in [0.2, 0.25) is 0 Å². The Hall–Kier alpha value is -3.18. The van der Waals surface area contributed by atoms with Gasteiger partial charge in [0.05, 0.1) is 35.8 Å². The van der Waals surface area contributed by atoms with Gasteiger partial charge in [-0.05, 0) is 17.2 Å². The second-order valence-corrected chi connectivity index (χ2v) is 8.29. The molecule has 0 fully saturated rings. The van der Waals surface area contributed by atoms with Crippen molar-refractivity contribution in [2.24, 2.45) is 0 Å². The highest BCUT2D eigenvalue weighted by Gasteiger charge is 2.25. The minimum Gasteiger partial charge on any atom is -0.382 e. The van der Waals surface area contributed by atoms with Gasteiger partial charge in [-0.1, -0.05) is 30.0 Å². The standard InChI is InChI=1S/C24H22N4O2S/c1-29-9-10-30-8-2-3-20-12-19(15-31-20)23-22-13-18-11-17(14-28-7-6-25-16-28)4-5-21(18)24(22)27-26-23/h4-7,11-12,15-16H,8-10,13-14H2,1H3,(H,26,27). The third-order valence-electron chi connectivity index (χ3n) is 5.29. The van der Waals surface area contributed by atoms with E-state index in [4.69, 9.17) is 9.47 Å². The summed E-state index contributed by atoms with van der Waals surface area (Å²) in [6, 6.07) is 8.78. The van der Waals surface area contributed by atoms with Crippen molar-refractivity contribution in [3.8, 4) is 34.4 Å². The Morgan fingerprint density at radius 3 is 3.10 bits per heavy atom. The molecule has 31 heavy (non-hydrogen) atoms. The molecule has 5 rings (SSSR count). The normalized spacial score (nSPS) is 11.8. The number of fused-ring (bicyclic) bond motifs is 3. The lowest BCUT2D eigenvalue weighted by atomic mass is 10.1. The summed E-state index contributed by atoms with van der Waals surface area (Å²) in [5.41, 5.74) is 8.37. The van der Waals surface area contributed by atoms with E-state index in [9.17, 15) is 0 Å². The number of ether oxygens (including phenoxy) is 2. The summed E-state index contributed by atoms with van der Waals surface area (Å²) in [7, 11) is 1.66. The SMILES string of the molecule is COCCOCC#Cc1cc(-c2n[nH]c3c2Cc2cc(Cn4ccnc4)ccc2-3)cs1. The molecule has 0 saturated carbocycles. The van der Waals surface area contributed by atoms with E-state index < -0.39 is 0 Å². The quantitative estimate of drug-likeness (QED) is 0.313. The molecule has 0 unspecified atom stereocenters. The van der Waals surface area contributed by atoms with E-state index in [2.05, 4.69) is 61.2 Å². The Balaban J connectivity index is 1.31. The van der Waals surface area contributed by atoms with Crippen LogP contribution in [0.25, 0.3) is 22.5 Å². The molecule has 3 heterocycles. The van der Waals surface area contributed by atoms with Crippen LogP contribution in [0.3, 0.4) is 0 Å². The Morgan fingerprint density at radius 2 is 2.23 bits per heavy atom. The van der Waals surface area contributed by atoms with E-state index in [1.165, 1.54) is 22.3 Å². The minimum atomic E-state index is 0.408. The van der Waals surface area contributed by atoms with Crippen LogP contribution in [0.5, 0.6) is 0 Å². The molecule has 0 saturated heterocycles. The number of nitrogens with zero attached hydrogens (tertiary/aromatic N) is 3. The number of imidazole rings is 1. The van der Waals surface area contributed by atoms with Gasteiger partial charge in [-0.15, -0.1) is 11.3 Å². The van der Waals surface area contributed by atoms with Gasteiger partial charge in [0.2, 0.25) is 0 Å². The number of rotatable bonds is 7. The minimum absolute atomic E-state index is 0.408. The molecule has 1 N–H and O–H groups in total. The summed E-state index contributed by atoms with van der Waals surface area (Å²) in [4.78, 5) is 5.14. The highest BCUT2D eigenvalue weighted by molar-refractivity contribution is 7.11. The molecule has 1 aromatic carbocycles. The lowest BCUT2D eigenvalue weighted by Gasteiger charge is -2.06. The van der Waals surface area contributed by atoms with Crippen molar-refractivity contribution < 1.29 is 9.47 Å². The maximum absolute atomic E-state index is 5.40. The van der Waals surface area contributed by atoms with E-state index in [-0.39, 0.29) is 0 Å². The molecule has 0 atom stereocenters. The Kier molecular flexibility index (Phi) is 5.67. The molecule has 1 aliphatic carbocycles. The van der Waals surface area contributed by atoms with Crippen LogP contribution in [0, 0.1) is 11.8 Å². The number of aromatic amines is 1. The van der Waals surface area contributed by atoms with E-state index >= 15 is 0 Å². The molecule has 0 aliphatic heterocycles. The average molecular weight is 431 g/mol. The van der Waals surface area contributed by atoms with Gasteiger partial charge in [-0.3, -0.25) is 5.10 Å². The monoisotopic (exact) mass is 430 g/mol. The fraction of sp³-hybridized carbons (Fsp3) is 0.250. The molecule has 0 bridgehead atoms. The maximum Gasteiger partial charge on any atom is 0.108 e. The largest absolute Gasteiger partial charge is 0.382 e. The zero-order valence-corrected chi connectivity index (χ0v) is 18.0. The Morgan fingerprint density at radius 1 is 1.26 bits per heavy atom. The van der Waals surface area contributed by atoms with Gasteiger partial charge in [0.15, 0.2) is 0 Å². The molecule has 6 nitrogen and oxygen atoms in total. The summed E-state index contributed by atoms with van der Waals surface area (Å²) in [5.74, 6) is 6.23. The summed E-state index contributed by atoms with van der Waals surface area (Å²) >= 11 is 1.63. The van der Waals surface area contributed by atoms with E-state index in [1.807, 2.05) is 18.7 Å². The van der Waals surface area contributed by atoms with Gasteiger partial charge >= 0.3 is 0 Å². The Labute approximate surface area is 184 Å². The number of thiophene rings is 1. The fourth-order valence-corrected chi connectivity index (χ4v) is 4.59. The summed E-state index contributed by atoms with van der Waals surface area (Å²) < 4.78 is 12.4. The zero-order valence-electron chi connectivity index (χ0n) is 17.2. The topological polar surface area (TPSA) is 65.0 Å². The molecule has 1 aliphatic rings. The van der Waals surface area contributed by atoms with Crippen LogP contribution in [-0.4, -0.2) is 46.7 Å². The third kappa shape index (κ3) is 4.19. The first-order valence-electron chi connectivity index (χ1n) is 10.1. The maximum atomic E-state index is 5.40. The van der Waals surface area contributed by atoms with Crippen molar-refractivity contribution in [1.29, 1.82) is 0 Å². The van der Waals surface area contributed by atoms with Gasteiger partial charge < -0.3 is 14.0 Å². The van der Waals surface area contributed by atoms with Crippen molar-refractivity contribution in [2.45, 2.75) is 13.0 Å². The number of hydrogen-bond acceptors (Lipinski definition) is 5. The van der Waals surface area contributed by atoms with Crippen molar-refractivity contribution >= 4 is 11.3 Å². The van der Waals surface area contributed by atoms with Gasteiger partial charge in [-0.25, -0.2) is 4.98 Å². The molecule has 156 valence electrons. The van der Waals surface area contributed by atoms with Crippen molar-refractivity contribution in [3.63, 3.8) is 0 Å². The number of methoxy groups -OCH3 is 1. The molecule has 7 heteroatoms. The van der Waals surface area contributed by atoms with E-state index in [0.717, 1.165) is 34.8 Å². The highest BCUT2D eigenvalue weighted by Crippen LogP contribution is 2.41. The second-order valence-electron chi connectivity index (χ2n) is 7.38. The number of aromatic nitrogens is 4. The zero-order chi connectivity index (χ0) is 21.0.